The summed E-state index contributed by atoms with van der Waals surface area (Å²) in [7, 11) is 0. The van der Waals surface area contributed by atoms with Gasteiger partial charge in [0.15, 0.2) is 6.61 Å². The highest BCUT2D eigenvalue weighted by Gasteiger charge is 2.15. The SMILES string of the molecule is CCC[C@H](C)NC(=O)COC(=O)c1cccnc1SC. The van der Waals surface area contributed by atoms with Crippen LogP contribution < -0.4 is 5.32 Å². The highest BCUT2D eigenvalue weighted by Crippen LogP contribution is 2.17. The number of nitrogens with zero attached hydrogens (tertiary/aromatic N) is 1. The number of nitrogens with one attached hydrogen (secondary N) is 1. The number of hydrogen-bond donors (Lipinski definition) is 1. The molecule has 5 nitrogen and oxygen atoms in total. The first kappa shape index (κ1) is 16.5. The summed E-state index contributed by atoms with van der Waals surface area (Å²) in [6, 6.07) is 3.39. The average molecular weight is 296 g/mol. The lowest BCUT2D eigenvalue weighted by molar-refractivity contribution is -0.124. The zero-order valence-electron chi connectivity index (χ0n) is 12.0. The molecule has 1 aromatic rings. The first-order valence-corrected chi connectivity index (χ1v) is 7.76. The quantitative estimate of drug-likeness (QED) is 0.617. The van der Waals surface area contributed by atoms with Crippen molar-refractivity contribution in [3.05, 3.63) is 23.9 Å². The number of amides is 1. The number of carbonyl (C=O) groups excluding carboxylic acids is 2. The second kappa shape index (κ2) is 8.58. The zero-order chi connectivity index (χ0) is 15.0. The van der Waals surface area contributed by atoms with Gasteiger partial charge in [0, 0.05) is 12.2 Å². The minimum Gasteiger partial charge on any atom is -0.452 e. The van der Waals surface area contributed by atoms with Gasteiger partial charge in [0.1, 0.15) is 5.03 Å². The van der Waals surface area contributed by atoms with E-state index in [1.165, 1.54) is 11.8 Å². The highest BCUT2D eigenvalue weighted by atomic mass is 32.2. The van der Waals surface area contributed by atoms with Crippen molar-refractivity contribution in [1.82, 2.24) is 10.3 Å². The van der Waals surface area contributed by atoms with Gasteiger partial charge in [-0.25, -0.2) is 9.78 Å². The van der Waals surface area contributed by atoms with Crippen molar-refractivity contribution in [2.75, 3.05) is 12.9 Å². The fourth-order valence-electron chi connectivity index (χ4n) is 1.74. The van der Waals surface area contributed by atoms with Gasteiger partial charge >= 0.3 is 5.97 Å². The van der Waals surface area contributed by atoms with Crippen LogP contribution in [0, 0.1) is 0 Å². The van der Waals surface area contributed by atoms with E-state index < -0.39 is 5.97 Å². The normalized spacial score (nSPS) is 11.8. The predicted octanol–water partition coefficient (Wildman–Crippen LogP) is 2.27. The van der Waals surface area contributed by atoms with Crippen molar-refractivity contribution in [1.29, 1.82) is 0 Å². The number of ether oxygens (including phenoxy) is 1. The van der Waals surface area contributed by atoms with Gasteiger partial charge in [-0.1, -0.05) is 13.3 Å². The molecule has 0 aromatic carbocycles. The van der Waals surface area contributed by atoms with Crippen molar-refractivity contribution in [2.24, 2.45) is 0 Å². The Balaban J connectivity index is 2.49. The van der Waals surface area contributed by atoms with Crippen molar-refractivity contribution < 1.29 is 14.3 Å². The molecule has 0 saturated heterocycles. The molecule has 0 spiro atoms. The number of aromatic nitrogens is 1. The van der Waals surface area contributed by atoms with Crippen LogP contribution in [0.1, 0.15) is 37.0 Å². The number of hydrogen-bond acceptors (Lipinski definition) is 5. The van der Waals surface area contributed by atoms with Crippen LogP contribution in [0.25, 0.3) is 0 Å². The molecule has 20 heavy (non-hydrogen) atoms. The summed E-state index contributed by atoms with van der Waals surface area (Å²) < 4.78 is 5.01. The van der Waals surface area contributed by atoms with Crippen molar-refractivity contribution in [2.45, 2.75) is 37.8 Å². The highest BCUT2D eigenvalue weighted by molar-refractivity contribution is 7.98. The first-order chi connectivity index (χ1) is 9.58. The molecule has 1 amide bonds. The van der Waals surface area contributed by atoms with E-state index >= 15 is 0 Å². The topological polar surface area (TPSA) is 68.3 Å². The molecule has 0 aliphatic rings. The lowest BCUT2D eigenvalue weighted by Gasteiger charge is -2.13. The summed E-state index contributed by atoms with van der Waals surface area (Å²) in [5, 5.41) is 3.37. The second-order valence-corrected chi connectivity index (χ2v) is 5.19. The molecule has 0 aliphatic carbocycles. The third-order valence-electron chi connectivity index (χ3n) is 2.65. The molecule has 0 saturated carbocycles. The Bertz CT molecular complexity index is 465. The maximum Gasteiger partial charge on any atom is 0.341 e. The molecule has 0 radical (unpaired) electrons. The molecule has 0 aliphatic heterocycles. The van der Waals surface area contributed by atoms with E-state index in [0.29, 0.717) is 10.6 Å². The molecule has 0 fully saturated rings. The van der Waals surface area contributed by atoms with Crippen LogP contribution in [0.3, 0.4) is 0 Å². The Hall–Kier alpha value is -1.56. The molecule has 0 unspecified atom stereocenters. The van der Waals surface area contributed by atoms with E-state index in [1.807, 2.05) is 13.2 Å². The molecule has 110 valence electrons. The van der Waals surface area contributed by atoms with Crippen molar-refractivity contribution in [3.63, 3.8) is 0 Å². The summed E-state index contributed by atoms with van der Waals surface area (Å²) in [6.45, 7) is 3.71. The molecule has 0 bridgehead atoms. The Morgan fingerprint density at radius 3 is 2.90 bits per heavy atom. The molecular weight excluding hydrogens is 276 g/mol. The van der Waals surface area contributed by atoms with Crippen LogP contribution in [0.5, 0.6) is 0 Å². The monoisotopic (exact) mass is 296 g/mol. The predicted molar refractivity (Wildman–Crippen MR) is 78.8 cm³/mol. The second-order valence-electron chi connectivity index (χ2n) is 4.39. The van der Waals surface area contributed by atoms with Gasteiger partial charge in [-0.2, -0.15) is 0 Å². The molecule has 1 N–H and O–H groups in total. The molecule has 1 heterocycles. The molecule has 1 atom stereocenters. The van der Waals surface area contributed by atoms with Gasteiger partial charge in [-0.3, -0.25) is 4.79 Å². The molecule has 6 heteroatoms. The summed E-state index contributed by atoms with van der Waals surface area (Å²) in [5.41, 5.74) is 0.384. The van der Waals surface area contributed by atoms with Gasteiger partial charge < -0.3 is 10.1 Å². The third kappa shape index (κ3) is 5.21. The van der Waals surface area contributed by atoms with E-state index in [2.05, 4.69) is 17.2 Å². The van der Waals surface area contributed by atoms with Gasteiger partial charge in [0.25, 0.3) is 5.91 Å². The van der Waals surface area contributed by atoms with Crippen LogP contribution in [0.4, 0.5) is 0 Å². The Morgan fingerprint density at radius 2 is 2.25 bits per heavy atom. The van der Waals surface area contributed by atoms with Crippen LogP contribution in [-0.2, 0) is 9.53 Å². The van der Waals surface area contributed by atoms with E-state index in [1.54, 1.807) is 18.3 Å². The fraction of sp³-hybridized carbons (Fsp3) is 0.500. The van der Waals surface area contributed by atoms with Gasteiger partial charge in [0.05, 0.1) is 5.56 Å². The number of thioether (sulfide) groups is 1. The van der Waals surface area contributed by atoms with Crippen molar-refractivity contribution >= 4 is 23.6 Å². The zero-order valence-corrected chi connectivity index (χ0v) is 12.8. The van der Waals surface area contributed by atoms with Crippen LogP contribution in [0.2, 0.25) is 0 Å². The van der Waals surface area contributed by atoms with E-state index in [4.69, 9.17) is 4.74 Å². The number of carbonyl (C=O) groups is 2. The summed E-state index contributed by atoms with van der Waals surface area (Å²) in [5.74, 6) is -0.811. The van der Waals surface area contributed by atoms with E-state index in [-0.39, 0.29) is 18.6 Å². The summed E-state index contributed by atoms with van der Waals surface area (Å²) >= 11 is 1.36. The molecule has 1 rings (SSSR count). The summed E-state index contributed by atoms with van der Waals surface area (Å²) in [6.07, 6.45) is 5.34. The number of esters is 1. The van der Waals surface area contributed by atoms with Crippen LogP contribution in [-0.4, -0.2) is 35.8 Å². The fourth-order valence-corrected chi connectivity index (χ4v) is 2.28. The number of pyridine rings is 1. The third-order valence-corrected chi connectivity index (χ3v) is 3.36. The Labute approximate surface area is 123 Å². The maximum atomic E-state index is 11.9. The lowest BCUT2D eigenvalue weighted by Crippen LogP contribution is -2.35. The van der Waals surface area contributed by atoms with Gasteiger partial charge in [0.2, 0.25) is 0 Å². The Morgan fingerprint density at radius 1 is 1.50 bits per heavy atom. The smallest absolute Gasteiger partial charge is 0.341 e. The van der Waals surface area contributed by atoms with Crippen LogP contribution >= 0.6 is 11.8 Å². The minimum absolute atomic E-state index is 0.0892. The number of rotatable bonds is 7. The van der Waals surface area contributed by atoms with Crippen molar-refractivity contribution in [3.8, 4) is 0 Å². The standard InChI is InChI=1S/C14H20N2O3S/c1-4-6-10(2)16-12(17)9-19-14(18)11-7-5-8-15-13(11)20-3/h5,7-8,10H,4,6,9H2,1-3H3,(H,16,17)/t10-/m0/s1. The molecular formula is C14H20N2O3S. The Kier molecular flexibility index (Phi) is 7.08. The molecule has 1 aromatic heterocycles. The average Bonchev–Trinajstić information content (AvgIpc) is 2.44. The van der Waals surface area contributed by atoms with E-state index in [9.17, 15) is 9.59 Å². The lowest BCUT2D eigenvalue weighted by atomic mass is 10.2. The largest absolute Gasteiger partial charge is 0.452 e. The van der Waals surface area contributed by atoms with Gasteiger partial charge in [-0.05, 0) is 31.7 Å². The first-order valence-electron chi connectivity index (χ1n) is 6.54. The van der Waals surface area contributed by atoms with Crippen LogP contribution in [0.15, 0.2) is 23.4 Å². The van der Waals surface area contributed by atoms with E-state index in [0.717, 1.165) is 12.8 Å². The minimum atomic E-state index is -0.527. The maximum absolute atomic E-state index is 11.9. The summed E-state index contributed by atoms with van der Waals surface area (Å²) in [4.78, 5) is 27.6. The van der Waals surface area contributed by atoms with Gasteiger partial charge in [-0.15, -0.1) is 11.8 Å².